The number of benzene rings is 2. The lowest BCUT2D eigenvalue weighted by Crippen LogP contribution is -2.50. The van der Waals surface area contributed by atoms with Gasteiger partial charge in [0.25, 0.3) is 0 Å². The lowest BCUT2D eigenvalue weighted by atomic mass is 9.54. The summed E-state index contributed by atoms with van der Waals surface area (Å²) in [5.41, 5.74) is -1.40. The molecule has 0 spiro atoms. The minimum atomic E-state index is -4.55. The molecular weight excluding hydrogens is 383 g/mol. The SMILES string of the molecule is FC(F)(F)c1cccc(B(OC2CCCNC2)c2cccc(C(F)(F)F)c2)c1. The van der Waals surface area contributed by atoms with Crippen LogP contribution in [0, 0.1) is 0 Å². The summed E-state index contributed by atoms with van der Waals surface area (Å²) < 4.78 is 84.7. The molecule has 3 rings (SSSR count). The quantitative estimate of drug-likeness (QED) is 0.625. The molecular formula is C19H18BF6NO. The Kier molecular flexibility index (Phi) is 6.05. The van der Waals surface area contributed by atoms with Crippen LogP contribution >= 0.6 is 0 Å². The average Bonchev–Trinajstić information content (AvgIpc) is 2.66. The predicted octanol–water partition coefficient (Wildman–Crippen LogP) is 3.60. The highest BCUT2D eigenvalue weighted by Gasteiger charge is 2.35. The van der Waals surface area contributed by atoms with Gasteiger partial charge in [0, 0.05) is 6.54 Å². The predicted molar refractivity (Wildman–Crippen MR) is 94.9 cm³/mol. The Bertz CT molecular complexity index is 744. The Hall–Kier alpha value is -2.00. The normalized spacial score (nSPS) is 18.1. The van der Waals surface area contributed by atoms with E-state index >= 15 is 0 Å². The van der Waals surface area contributed by atoms with E-state index in [-0.39, 0.29) is 17.0 Å². The van der Waals surface area contributed by atoms with Gasteiger partial charge in [-0.3, -0.25) is 0 Å². The molecule has 2 aromatic carbocycles. The molecule has 0 radical (unpaired) electrons. The van der Waals surface area contributed by atoms with Crippen LogP contribution in [-0.2, 0) is 17.0 Å². The van der Waals surface area contributed by atoms with Gasteiger partial charge in [-0.05, 0) is 30.3 Å². The summed E-state index contributed by atoms with van der Waals surface area (Å²) in [7, 11) is 0. The third kappa shape index (κ3) is 5.08. The highest BCUT2D eigenvalue weighted by atomic mass is 19.4. The van der Waals surface area contributed by atoms with Crippen molar-refractivity contribution in [1.82, 2.24) is 5.32 Å². The Labute approximate surface area is 159 Å². The number of alkyl halides is 6. The van der Waals surface area contributed by atoms with Crippen molar-refractivity contribution >= 4 is 17.8 Å². The van der Waals surface area contributed by atoms with Gasteiger partial charge in [-0.1, -0.05) is 48.5 Å². The molecule has 1 fully saturated rings. The van der Waals surface area contributed by atoms with Gasteiger partial charge in [0.2, 0.25) is 0 Å². The molecule has 0 saturated carbocycles. The van der Waals surface area contributed by atoms with Gasteiger partial charge >= 0.3 is 19.3 Å². The maximum atomic E-state index is 13.1. The highest BCUT2D eigenvalue weighted by molar-refractivity contribution is 6.80. The molecule has 1 N–H and O–H groups in total. The summed E-state index contributed by atoms with van der Waals surface area (Å²) in [6.07, 6.45) is -7.91. The second-order valence-corrected chi connectivity index (χ2v) is 6.73. The molecule has 0 aliphatic carbocycles. The van der Waals surface area contributed by atoms with E-state index in [1.165, 1.54) is 24.3 Å². The maximum Gasteiger partial charge on any atom is 0.416 e. The fraction of sp³-hybridized carbons (Fsp3) is 0.368. The van der Waals surface area contributed by atoms with Crippen molar-refractivity contribution in [1.29, 1.82) is 0 Å². The summed E-state index contributed by atoms with van der Waals surface area (Å²) in [4.78, 5) is 0. The molecule has 0 aromatic heterocycles. The summed E-state index contributed by atoms with van der Waals surface area (Å²) in [6, 6.07) is 9.07. The molecule has 9 heteroatoms. The van der Waals surface area contributed by atoms with Crippen LogP contribution in [0.4, 0.5) is 26.3 Å². The van der Waals surface area contributed by atoms with E-state index in [4.69, 9.17) is 4.65 Å². The molecule has 1 unspecified atom stereocenters. The Balaban J connectivity index is 2.00. The van der Waals surface area contributed by atoms with Crippen LogP contribution in [0.5, 0.6) is 0 Å². The monoisotopic (exact) mass is 401 g/mol. The number of hydrogen-bond donors (Lipinski definition) is 1. The van der Waals surface area contributed by atoms with Gasteiger partial charge in [-0.2, -0.15) is 26.3 Å². The molecule has 0 bridgehead atoms. The van der Waals surface area contributed by atoms with Crippen LogP contribution in [0.15, 0.2) is 48.5 Å². The third-order valence-corrected chi connectivity index (χ3v) is 4.61. The summed E-state index contributed by atoms with van der Waals surface area (Å²) >= 11 is 0. The average molecular weight is 401 g/mol. The standard InChI is InChI=1S/C19H18BF6NO/c21-18(22,23)13-4-1-6-15(10-13)20(28-17-8-3-9-27-12-17)16-7-2-5-14(11-16)19(24,25)26/h1-2,4-7,10-11,17,27H,3,8-9,12H2. The topological polar surface area (TPSA) is 21.3 Å². The summed E-state index contributed by atoms with van der Waals surface area (Å²) in [6.45, 7) is 0.265. The van der Waals surface area contributed by atoms with Crippen molar-refractivity contribution in [2.75, 3.05) is 13.1 Å². The van der Waals surface area contributed by atoms with Gasteiger partial charge in [-0.15, -0.1) is 0 Å². The van der Waals surface area contributed by atoms with Crippen LogP contribution in [0.3, 0.4) is 0 Å². The zero-order chi connectivity index (χ0) is 20.4. The Morgan fingerprint density at radius 3 is 1.82 bits per heavy atom. The molecule has 2 nitrogen and oxygen atoms in total. The number of halogens is 6. The van der Waals surface area contributed by atoms with Crippen LogP contribution in [0.1, 0.15) is 24.0 Å². The van der Waals surface area contributed by atoms with E-state index < -0.39 is 30.4 Å². The van der Waals surface area contributed by atoms with E-state index in [9.17, 15) is 26.3 Å². The van der Waals surface area contributed by atoms with Gasteiger partial charge in [0.05, 0.1) is 17.2 Å². The molecule has 1 aliphatic heterocycles. The van der Waals surface area contributed by atoms with Crippen LogP contribution in [0.2, 0.25) is 0 Å². The first-order valence-electron chi connectivity index (χ1n) is 8.85. The van der Waals surface area contributed by atoms with Crippen LogP contribution < -0.4 is 16.2 Å². The van der Waals surface area contributed by atoms with Crippen molar-refractivity contribution in [2.45, 2.75) is 31.3 Å². The van der Waals surface area contributed by atoms with Crippen molar-refractivity contribution < 1.29 is 31.0 Å². The zero-order valence-electron chi connectivity index (χ0n) is 14.8. The minimum absolute atomic E-state index is 0.166. The highest BCUT2D eigenvalue weighted by Crippen LogP contribution is 2.29. The number of hydrogen-bond acceptors (Lipinski definition) is 2. The smallest absolute Gasteiger partial charge is 0.416 e. The Morgan fingerprint density at radius 1 is 0.857 bits per heavy atom. The van der Waals surface area contributed by atoms with Crippen molar-refractivity contribution in [2.24, 2.45) is 0 Å². The molecule has 1 saturated heterocycles. The number of rotatable bonds is 4. The first kappa shape index (κ1) is 20.7. The van der Waals surface area contributed by atoms with E-state index in [0.717, 1.165) is 37.2 Å². The molecule has 1 aliphatic rings. The van der Waals surface area contributed by atoms with E-state index in [2.05, 4.69) is 5.32 Å². The zero-order valence-corrected chi connectivity index (χ0v) is 14.8. The van der Waals surface area contributed by atoms with E-state index in [1.807, 2.05) is 0 Å². The van der Waals surface area contributed by atoms with Crippen LogP contribution in [-0.4, -0.2) is 26.1 Å². The molecule has 1 atom stereocenters. The summed E-state index contributed by atoms with van der Waals surface area (Å²) in [5, 5.41) is 3.13. The van der Waals surface area contributed by atoms with Crippen LogP contribution in [0.25, 0.3) is 0 Å². The number of piperidine rings is 1. The van der Waals surface area contributed by atoms with Gasteiger partial charge in [-0.25, -0.2) is 0 Å². The Morgan fingerprint density at radius 2 is 1.39 bits per heavy atom. The van der Waals surface area contributed by atoms with Gasteiger partial charge < -0.3 is 9.97 Å². The van der Waals surface area contributed by atoms with Gasteiger partial charge in [0.1, 0.15) is 0 Å². The first-order chi connectivity index (χ1) is 13.1. The van der Waals surface area contributed by atoms with Crippen molar-refractivity contribution in [3.8, 4) is 0 Å². The molecule has 2 aromatic rings. The third-order valence-electron chi connectivity index (χ3n) is 4.61. The maximum absolute atomic E-state index is 13.1. The second-order valence-electron chi connectivity index (χ2n) is 6.73. The van der Waals surface area contributed by atoms with Crippen molar-refractivity contribution in [3.63, 3.8) is 0 Å². The minimum Gasteiger partial charge on any atom is -0.423 e. The fourth-order valence-electron chi connectivity index (χ4n) is 3.23. The fourth-order valence-corrected chi connectivity index (χ4v) is 3.23. The second kappa shape index (κ2) is 8.17. The molecule has 1 heterocycles. The van der Waals surface area contributed by atoms with Gasteiger partial charge in [0.15, 0.2) is 0 Å². The first-order valence-corrected chi connectivity index (χ1v) is 8.85. The van der Waals surface area contributed by atoms with Crippen molar-refractivity contribution in [3.05, 3.63) is 59.7 Å². The molecule has 28 heavy (non-hydrogen) atoms. The van der Waals surface area contributed by atoms with E-state index in [1.54, 1.807) is 0 Å². The lowest BCUT2D eigenvalue weighted by Gasteiger charge is -2.28. The lowest BCUT2D eigenvalue weighted by molar-refractivity contribution is -0.138. The van der Waals surface area contributed by atoms with E-state index in [0.29, 0.717) is 13.0 Å². The molecule has 0 amide bonds. The largest absolute Gasteiger partial charge is 0.423 e. The molecule has 150 valence electrons. The summed E-state index contributed by atoms with van der Waals surface area (Å²) in [5.74, 6) is 0. The number of nitrogens with one attached hydrogen (secondary N) is 1.